The second-order valence-corrected chi connectivity index (χ2v) is 15.2. The molecule has 1 fully saturated rings. The third-order valence-electron chi connectivity index (χ3n) is 10.5. The molecule has 4 aromatic carbocycles. The zero-order valence-corrected chi connectivity index (χ0v) is 34.1. The van der Waals surface area contributed by atoms with E-state index >= 15 is 0 Å². The van der Waals surface area contributed by atoms with Crippen molar-refractivity contribution in [2.24, 2.45) is 0 Å². The molecule has 0 aliphatic carbocycles. The van der Waals surface area contributed by atoms with Gasteiger partial charge in [-0.3, -0.25) is 19.9 Å². The van der Waals surface area contributed by atoms with Crippen LogP contribution in [0.15, 0.2) is 91.3 Å². The smallest absolute Gasteiger partial charge is 0.326 e. The number of carboxylic acid groups (broad SMARTS) is 1. The average molecular weight is 818 g/mol. The van der Waals surface area contributed by atoms with Crippen LogP contribution in [0.1, 0.15) is 53.1 Å². The highest BCUT2D eigenvalue weighted by molar-refractivity contribution is 6.32. The normalized spacial score (nSPS) is 14.6. The quantitative estimate of drug-likeness (QED) is 0.0549. The number of aliphatic hydroxyl groups is 1. The minimum Gasteiger partial charge on any atom is -0.492 e. The Hall–Kier alpha value is -5.97. The second kappa shape index (κ2) is 19.7. The first-order valence-corrected chi connectivity index (χ1v) is 19.8. The van der Waals surface area contributed by atoms with Crippen LogP contribution in [-0.4, -0.2) is 65.0 Å². The molecule has 0 radical (unpaired) electrons. The molecule has 12 nitrogen and oxygen atoms in total. The minimum atomic E-state index is -1.60. The Balaban J connectivity index is 1.15. The minimum absolute atomic E-state index is 0.0223. The monoisotopic (exact) mass is 817 g/mol. The summed E-state index contributed by atoms with van der Waals surface area (Å²) in [6.07, 6.45) is 4.52. The lowest BCUT2D eigenvalue weighted by Crippen LogP contribution is -2.52. The molecule has 1 unspecified atom stereocenters. The van der Waals surface area contributed by atoms with Crippen LogP contribution in [0.2, 0.25) is 5.02 Å². The molecule has 1 aromatic heterocycles. The van der Waals surface area contributed by atoms with Gasteiger partial charge >= 0.3 is 5.97 Å². The van der Waals surface area contributed by atoms with Crippen molar-refractivity contribution in [2.45, 2.75) is 65.0 Å². The number of carboxylic acids is 1. The van der Waals surface area contributed by atoms with Gasteiger partial charge in [0.05, 0.1) is 17.2 Å². The molecule has 2 atom stereocenters. The molecule has 1 aliphatic rings. The van der Waals surface area contributed by atoms with Crippen LogP contribution < -0.4 is 30.2 Å². The van der Waals surface area contributed by atoms with Crippen LogP contribution in [0, 0.1) is 25.2 Å². The summed E-state index contributed by atoms with van der Waals surface area (Å²) in [5.74, 6) is 0.445. The number of pyridine rings is 1. The highest BCUT2D eigenvalue weighted by Gasteiger charge is 2.32. The number of hydrogen-bond acceptors (Lipinski definition) is 10. The topological polar surface area (TPSA) is 175 Å². The predicted octanol–water partition coefficient (Wildman–Crippen LogP) is 6.89. The van der Waals surface area contributed by atoms with Gasteiger partial charge in [0.25, 0.3) is 0 Å². The van der Waals surface area contributed by atoms with E-state index in [2.05, 4.69) is 77.2 Å². The molecule has 59 heavy (non-hydrogen) atoms. The highest BCUT2D eigenvalue weighted by Crippen LogP contribution is 2.37. The summed E-state index contributed by atoms with van der Waals surface area (Å²) < 4.78 is 18.5. The zero-order chi connectivity index (χ0) is 41.9. The van der Waals surface area contributed by atoms with E-state index in [4.69, 9.17) is 25.8 Å². The highest BCUT2D eigenvalue weighted by atomic mass is 35.5. The van der Waals surface area contributed by atoms with Gasteiger partial charge in [0.1, 0.15) is 48.7 Å². The molecule has 1 amide bonds. The van der Waals surface area contributed by atoms with Gasteiger partial charge in [-0.05, 0) is 90.4 Å². The summed E-state index contributed by atoms with van der Waals surface area (Å²) in [5.41, 5.74) is 7.51. The van der Waals surface area contributed by atoms with Crippen molar-refractivity contribution in [3.63, 3.8) is 0 Å². The van der Waals surface area contributed by atoms with Gasteiger partial charge in [0, 0.05) is 61.7 Å². The summed E-state index contributed by atoms with van der Waals surface area (Å²) in [4.78, 5) is 27.4. The number of nitrogens with zero attached hydrogens (tertiary/aromatic N) is 2. The first-order chi connectivity index (χ1) is 28.5. The van der Waals surface area contributed by atoms with Gasteiger partial charge < -0.3 is 35.1 Å². The largest absolute Gasteiger partial charge is 0.492 e. The van der Waals surface area contributed by atoms with E-state index in [9.17, 15) is 25.1 Å². The maximum Gasteiger partial charge on any atom is 0.326 e. The molecular weight excluding hydrogens is 770 g/mol. The van der Waals surface area contributed by atoms with Crippen LogP contribution in [0.4, 0.5) is 0 Å². The lowest BCUT2D eigenvalue weighted by atomic mass is 9.89. The van der Waals surface area contributed by atoms with E-state index in [-0.39, 0.29) is 31.7 Å². The van der Waals surface area contributed by atoms with Crippen LogP contribution >= 0.6 is 11.6 Å². The summed E-state index contributed by atoms with van der Waals surface area (Å²) in [6, 6.07) is 27.8. The van der Waals surface area contributed by atoms with Gasteiger partial charge in [-0.15, -0.1) is 0 Å². The van der Waals surface area contributed by atoms with Crippen LogP contribution in [0.3, 0.4) is 0 Å². The number of aliphatic carboxylic acids is 1. The van der Waals surface area contributed by atoms with Crippen molar-refractivity contribution < 1.29 is 34.0 Å². The van der Waals surface area contributed by atoms with E-state index in [0.29, 0.717) is 52.8 Å². The van der Waals surface area contributed by atoms with Crippen molar-refractivity contribution in [3.8, 4) is 45.6 Å². The third kappa shape index (κ3) is 10.8. The van der Waals surface area contributed by atoms with E-state index in [1.54, 1.807) is 24.4 Å². The van der Waals surface area contributed by atoms with E-state index < -0.39 is 18.1 Å². The molecule has 1 saturated heterocycles. The lowest BCUT2D eigenvalue weighted by molar-refractivity contribution is -0.146. The molecule has 306 valence electrons. The summed E-state index contributed by atoms with van der Waals surface area (Å²) in [7, 11) is 0. The number of hydrogen-bond donors (Lipinski definition) is 5. The summed E-state index contributed by atoms with van der Waals surface area (Å²) in [6.45, 7) is 7.20. The number of ether oxygens (including phenoxy) is 3. The van der Waals surface area contributed by atoms with Gasteiger partial charge in [-0.1, -0.05) is 60.1 Å². The Labute approximate surface area is 349 Å². The number of halogens is 1. The van der Waals surface area contributed by atoms with Crippen LogP contribution in [0.5, 0.6) is 17.2 Å². The maximum atomic E-state index is 11.9. The number of benzene rings is 4. The lowest BCUT2D eigenvalue weighted by Gasteiger charge is -2.25. The van der Waals surface area contributed by atoms with Crippen molar-refractivity contribution in [1.29, 1.82) is 5.26 Å². The Morgan fingerprint density at radius 1 is 0.949 bits per heavy atom. The Morgan fingerprint density at radius 2 is 1.68 bits per heavy atom. The van der Waals surface area contributed by atoms with Gasteiger partial charge in [-0.2, -0.15) is 5.26 Å². The van der Waals surface area contributed by atoms with E-state index in [1.165, 1.54) is 13.1 Å². The standard InChI is InChI=1S/C46H48ClN5O7/c1-29-34(27-59-43-20-42(58-26-32-18-31(21-48)22-50-23-32)35(19-41(43)47)24-51-46(3,28-53)45(55)56)6-4-8-39(29)40-9-5-7-38(30(40)2)33-10-13-37(14-11-33)57-17-16-49-25-36-12-15-44(54)52-36/h4-11,13-14,18-20,22-23,36,49,51,53H,12,15-17,24-28H2,1-3H3,(H,52,54)(H,55,56)/t36-,46?/m1/s1. The number of nitrogens with one attached hydrogen (secondary N) is 3. The van der Waals surface area contributed by atoms with Gasteiger partial charge in [-0.25, -0.2) is 0 Å². The first-order valence-electron chi connectivity index (χ1n) is 19.4. The second-order valence-electron chi connectivity index (χ2n) is 14.8. The fourth-order valence-corrected chi connectivity index (χ4v) is 7.08. The Morgan fingerprint density at radius 3 is 2.39 bits per heavy atom. The number of amides is 1. The van der Waals surface area contributed by atoms with Crippen molar-refractivity contribution in [3.05, 3.63) is 130 Å². The SMILES string of the molecule is Cc1c(COc2cc(OCc3cncc(C#N)c3)c(CNC(C)(CO)C(=O)O)cc2Cl)cccc1-c1cccc(-c2ccc(OCCNC[C@H]3CCC(=O)N3)cc2)c1C. The number of aromatic nitrogens is 1. The number of aliphatic hydroxyl groups excluding tert-OH is 1. The fraction of sp³-hybridized carbons (Fsp3) is 0.304. The van der Waals surface area contributed by atoms with E-state index in [0.717, 1.165) is 57.7 Å². The van der Waals surface area contributed by atoms with Gasteiger partial charge in [0.2, 0.25) is 5.91 Å². The van der Waals surface area contributed by atoms with Crippen molar-refractivity contribution in [1.82, 2.24) is 20.9 Å². The molecule has 13 heteroatoms. The van der Waals surface area contributed by atoms with Crippen LogP contribution in [0.25, 0.3) is 22.3 Å². The summed E-state index contributed by atoms with van der Waals surface area (Å²) >= 11 is 6.77. The molecule has 0 bridgehead atoms. The van der Waals surface area contributed by atoms with Crippen LogP contribution in [-0.2, 0) is 29.3 Å². The number of nitriles is 1. The predicted molar refractivity (Wildman–Crippen MR) is 225 cm³/mol. The molecule has 5 N–H and O–H groups in total. The Kier molecular flexibility index (Phi) is 14.2. The zero-order valence-electron chi connectivity index (χ0n) is 33.3. The number of carbonyl (C=O) groups excluding carboxylic acids is 1. The average Bonchev–Trinajstić information content (AvgIpc) is 3.67. The summed E-state index contributed by atoms with van der Waals surface area (Å²) in [5, 5.41) is 38.3. The van der Waals surface area contributed by atoms with Crippen molar-refractivity contribution >= 4 is 23.5 Å². The maximum absolute atomic E-state index is 11.9. The molecule has 6 rings (SSSR count). The molecule has 0 spiro atoms. The first kappa shape index (κ1) is 42.6. The van der Waals surface area contributed by atoms with Gasteiger partial charge in [0.15, 0.2) is 0 Å². The van der Waals surface area contributed by atoms with E-state index in [1.807, 2.05) is 24.3 Å². The third-order valence-corrected chi connectivity index (χ3v) is 10.8. The van der Waals surface area contributed by atoms with Crippen molar-refractivity contribution in [2.75, 3.05) is 26.3 Å². The molecule has 5 aromatic rings. The molecule has 2 heterocycles. The Bertz CT molecular complexity index is 2330. The molecule has 0 saturated carbocycles. The number of carbonyl (C=O) groups is 2. The number of rotatable bonds is 19. The molecular formula is C46H48ClN5O7. The molecule has 1 aliphatic heterocycles. The fourth-order valence-electron chi connectivity index (χ4n) is 6.84.